The van der Waals surface area contributed by atoms with E-state index in [-0.39, 0.29) is 11.8 Å². The highest BCUT2D eigenvalue weighted by Gasteiger charge is 2.12. The van der Waals surface area contributed by atoms with Gasteiger partial charge in [-0.3, -0.25) is 4.79 Å². The Morgan fingerprint density at radius 3 is 2.60 bits per heavy atom. The third-order valence-electron chi connectivity index (χ3n) is 3.08. The molecule has 2 rings (SSSR count). The van der Waals surface area contributed by atoms with Crippen LogP contribution in [0.25, 0.3) is 0 Å². The second-order valence-electron chi connectivity index (χ2n) is 4.75. The molecule has 0 saturated carbocycles. The van der Waals surface area contributed by atoms with E-state index in [1.54, 1.807) is 19.2 Å². The Morgan fingerprint density at radius 2 is 2.00 bits per heavy atom. The number of furan rings is 1. The molecule has 1 N–H and O–H groups in total. The molecule has 1 aromatic heterocycles. The Kier molecular flexibility index (Phi) is 4.35. The molecule has 2 aromatic rings. The second-order valence-corrected chi connectivity index (χ2v) is 4.75. The zero-order chi connectivity index (χ0) is 14.5. The summed E-state index contributed by atoms with van der Waals surface area (Å²) in [5.41, 5.74) is 4.20. The fourth-order valence-corrected chi connectivity index (χ4v) is 1.97. The monoisotopic (exact) mass is 270 g/mol. The van der Waals surface area contributed by atoms with Crippen molar-refractivity contribution in [2.45, 2.75) is 26.7 Å². The van der Waals surface area contributed by atoms with Crippen LogP contribution in [0.2, 0.25) is 0 Å². The van der Waals surface area contributed by atoms with Gasteiger partial charge in [-0.15, -0.1) is 0 Å². The lowest BCUT2D eigenvalue weighted by Gasteiger charge is -2.05. The van der Waals surface area contributed by atoms with E-state index in [0.717, 1.165) is 5.56 Å². The Labute approximate surface area is 118 Å². The van der Waals surface area contributed by atoms with Crippen molar-refractivity contribution in [2.75, 3.05) is 0 Å². The van der Waals surface area contributed by atoms with Gasteiger partial charge in [-0.25, -0.2) is 5.43 Å². The van der Waals surface area contributed by atoms with Crippen LogP contribution in [-0.4, -0.2) is 12.1 Å². The minimum Gasteiger partial charge on any atom is -0.466 e. The smallest absolute Gasteiger partial charge is 0.274 e. The molecule has 0 radical (unpaired) electrons. The van der Waals surface area contributed by atoms with E-state index < -0.39 is 0 Å². The molecule has 0 bridgehead atoms. The van der Waals surface area contributed by atoms with Gasteiger partial charge in [0.15, 0.2) is 0 Å². The van der Waals surface area contributed by atoms with Crippen LogP contribution in [-0.2, 0) is 0 Å². The zero-order valence-electron chi connectivity index (χ0n) is 11.9. The van der Waals surface area contributed by atoms with Crippen molar-refractivity contribution >= 4 is 12.1 Å². The average Bonchev–Trinajstić information content (AvgIpc) is 2.78. The molecular weight excluding hydrogens is 252 g/mol. The maximum atomic E-state index is 11.9. The number of amides is 1. The first kappa shape index (κ1) is 14.1. The van der Waals surface area contributed by atoms with E-state index in [0.29, 0.717) is 17.1 Å². The summed E-state index contributed by atoms with van der Waals surface area (Å²) in [5.74, 6) is 1.21. The molecule has 0 saturated heterocycles. The van der Waals surface area contributed by atoms with E-state index in [9.17, 15) is 4.79 Å². The van der Waals surface area contributed by atoms with Gasteiger partial charge < -0.3 is 4.42 Å². The van der Waals surface area contributed by atoms with Gasteiger partial charge in [-0.2, -0.15) is 5.10 Å². The van der Waals surface area contributed by atoms with Gasteiger partial charge in [0.2, 0.25) is 0 Å². The number of hydrazone groups is 1. The Hall–Kier alpha value is -2.36. The average molecular weight is 270 g/mol. The van der Waals surface area contributed by atoms with Gasteiger partial charge in [-0.1, -0.05) is 37.3 Å². The number of nitrogens with one attached hydrogen (secondary N) is 1. The fraction of sp³-hybridized carbons (Fsp3) is 0.250. The minimum absolute atomic E-state index is 0.142. The van der Waals surface area contributed by atoms with Crippen LogP contribution < -0.4 is 5.43 Å². The molecule has 1 amide bonds. The lowest BCUT2D eigenvalue weighted by molar-refractivity contribution is 0.0953. The molecule has 0 aliphatic rings. The maximum absolute atomic E-state index is 11.9. The Morgan fingerprint density at radius 1 is 1.30 bits per heavy atom. The van der Waals surface area contributed by atoms with Crippen LogP contribution in [0.5, 0.6) is 0 Å². The van der Waals surface area contributed by atoms with Crippen LogP contribution in [0.1, 0.15) is 40.3 Å². The van der Waals surface area contributed by atoms with E-state index >= 15 is 0 Å². The van der Waals surface area contributed by atoms with Crippen molar-refractivity contribution in [1.29, 1.82) is 0 Å². The summed E-state index contributed by atoms with van der Waals surface area (Å²) in [5, 5.41) is 4.01. The number of carbonyl (C=O) groups excluding carboxylic acids is 1. The first-order chi connectivity index (χ1) is 9.58. The van der Waals surface area contributed by atoms with Gasteiger partial charge in [-0.05, 0) is 25.5 Å². The Balaban J connectivity index is 1.96. The van der Waals surface area contributed by atoms with Gasteiger partial charge in [0.1, 0.15) is 11.5 Å². The molecule has 104 valence electrons. The van der Waals surface area contributed by atoms with E-state index in [4.69, 9.17) is 4.42 Å². The number of rotatable bonds is 4. The van der Waals surface area contributed by atoms with Crippen molar-refractivity contribution in [3.05, 3.63) is 59.0 Å². The summed E-state index contributed by atoms with van der Waals surface area (Å²) >= 11 is 0. The molecule has 0 spiro atoms. The first-order valence-corrected chi connectivity index (χ1v) is 6.53. The third kappa shape index (κ3) is 3.35. The van der Waals surface area contributed by atoms with Crippen molar-refractivity contribution in [3.8, 4) is 0 Å². The zero-order valence-corrected chi connectivity index (χ0v) is 11.9. The predicted molar refractivity (Wildman–Crippen MR) is 79.0 cm³/mol. The fourth-order valence-electron chi connectivity index (χ4n) is 1.97. The van der Waals surface area contributed by atoms with Gasteiger partial charge >= 0.3 is 0 Å². The summed E-state index contributed by atoms with van der Waals surface area (Å²) < 4.78 is 5.32. The van der Waals surface area contributed by atoms with Crippen molar-refractivity contribution in [3.63, 3.8) is 0 Å². The molecule has 20 heavy (non-hydrogen) atoms. The molecule has 0 aliphatic heterocycles. The third-order valence-corrected chi connectivity index (χ3v) is 3.08. The lowest BCUT2D eigenvalue weighted by Crippen LogP contribution is -2.18. The van der Waals surface area contributed by atoms with Crippen LogP contribution >= 0.6 is 0 Å². The quantitative estimate of drug-likeness (QED) is 0.683. The molecular formula is C16H18N2O2. The summed E-state index contributed by atoms with van der Waals surface area (Å²) in [6.07, 6.45) is 1.72. The summed E-state index contributed by atoms with van der Waals surface area (Å²) in [7, 11) is 0. The molecule has 4 heteroatoms. The maximum Gasteiger partial charge on any atom is 0.274 e. The highest BCUT2D eigenvalue weighted by Crippen LogP contribution is 2.14. The number of carbonyl (C=O) groups is 1. The summed E-state index contributed by atoms with van der Waals surface area (Å²) in [6.45, 7) is 5.60. The van der Waals surface area contributed by atoms with E-state index in [2.05, 4.69) is 10.5 Å². The predicted octanol–water partition coefficient (Wildman–Crippen LogP) is 3.42. The van der Waals surface area contributed by atoms with Crippen LogP contribution in [0.15, 0.2) is 45.9 Å². The van der Waals surface area contributed by atoms with Crippen LogP contribution in [0.3, 0.4) is 0 Å². The molecule has 0 fully saturated rings. The van der Waals surface area contributed by atoms with Crippen molar-refractivity contribution in [2.24, 2.45) is 5.10 Å². The lowest BCUT2D eigenvalue weighted by atomic mass is 10.0. The molecule has 0 unspecified atom stereocenters. The standard InChI is InChI=1S/C16H18N2O2/c1-11(14-7-5-4-6-8-14)10-17-18-16(19)15-9-12(2)20-13(15)3/h4-11H,1-3H3,(H,18,19)/b17-10-/t11-/m1/s1. The number of benzene rings is 1. The van der Waals surface area contributed by atoms with Crippen molar-refractivity contribution < 1.29 is 9.21 Å². The SMILES string of the molecule is Cc1cc(C(=O)N/N=C\[C@@H](C)c2ccccc2)c(C)o1. The first-order valence-electron chi connectivity index (χ1n) is 6.53. The topological polar surface area (TPSA) is 54.6 Å². The van der Waals surface area contributed by atoms with Gasteiger partial charge in [0.05, 0.1) is 5.56 Å². The van der Waals surface area contributed by atoms with Gasteiger partial charge in [0, 0.05) is 12.1 Å². The van der Waals surface area contributed by atoms with Crippen molar-refractivity contribution in [1.82, 2.24) is 5.43 Å². The largest absolute Gasteiger partial charge is 0.466 e. The number of aryl methyl sites for hydroxylation is 2. The molecule has 1 aromatic carbocycles. The van der Waals surface area contributed by atoms with E-state index in [1.165, 1.54) is 0 Å². The van der Waals surface area contributed by atoms with Gasteiger partial charge in [0.25, 0.3) is 5.91 Å². The molecule has 4 nitrogen and oxygen atoms in total. The minimum atomic E-state index is -0.254. The second kappa shape index (κ2) is 6.19. The highest BCUT2D eigenvalue weighted by atomic mass is 16.3. The summed E-state index contributed by atoms with van der Waals surface area (Å²) in [4.78, 5) is 11.9. The molecule has 1 atom stereocenters. The normalized spacial score (nSPS) is 12.6. The number of nitrogens with zero attached hydrogens (tertiary/aromatic N) is 1. The summed E-state index contributed by atoms with van der Waals surface area (Å²) in [6, 6.07) is 11.7. The molecule has 1 heterocycles. The van der Waals surface area contributed by atoms with Crippen LogP contribution in [0, 0.1) is 13.8 Å². The highest BCUT2D eigenvalue weighted by molar-refractivity contribution is 5.95. The van der Waals surface area contributed by atoms with Crippen LogP contribution in [0.4, 0.5) is 0 Å². The van der Waals surface area contributed by atoms with E-state index in [1.807, 2.05) is 44.2 Å². The number of hydrogen-bond donors (Lipinski definition) is 1. The molecule has 0 aliphatic carbocycles. The number of hydrogen-bond acceptors (Lipinski definition) is 3. The Bertz CT molecular complexity index is 615.